The van der Waals surface area contributed by atoms with Crippen molar-refractivity contribution in [2.45, 2.75) is 57.4 Å². The van der Waals surface area contributed by atoms with Crippen molar-refractivity contribution < 1.29 is 0 Å². The van der Waals surface area contributed by atoms with Crippen LogP contribution < -0.4 is 15.9 Å². The summed E-state index contributed by atoms with van der Waals surface area (Å²) in [4.78, 5) is 0. The molecule has 161 valence electrons. The van der Waals surface area contributed by atoms with Crippen LogP contribution in [0.5, 0.6) is 0 Å². The van der Waals surface area contributed by atoms with E-state index < -0.39 is 7.92 Å². The summed E-state index contributed by atoms with van der Waals surface area (Å²) in [7, 11) is -1.58. The van der Waals surface area contributed by atoms with Crippen molar-refractivity contribution in [3.63, 3.8) is 0 Å². The Labute approximate surface area is 196 Å². The third-order valence-electron chi connectivity index (χ3n) is 5.33. The van der Waals surface area contributed by atoms with Gasteiger partial charge in [-0.1, -0.05) is 112 Å². The molecule has 0 N–H and O–H groups in total. The highest BCUT2D eigenvalue weighted by Gasteiger charge is 2.24. The molecule has 3 aromatic carbocycles. The number of rotatable bonds is 9. The van der Waals surface area contributed by atoms with E-state index in [0.29, 0.717) is 0 Å². The highest BCUT2D eigenvalue weighted by molar-refractivity contribution is 7.80. The molecule has 0 aliphatic carbocycles. The fourth-order valence-electron chi connectivity index (χ4n) is 4.17. The minimum Gasteiger partial charge on any atom is -0.0710 e. The second-order valence-electron chi connectivity index (χ2n) is 9.37. The van der Waals surface area contributed by atoms with Crippen LogP contribution in [0.1, 0.15) is 16.7 Å². The van der Waals surface area contributed by atoms with Crippen molar-refractivity contribution in [3.05, 3.63) is 89.5 Å². The zero-order chi connectivity index (χ0) is 22.4. The maximum atomic E-state index is 2.44. The molecule has 3 aromatic rings. The van der Waals surface area contributed by atoms with Gasteiger partial charge in [0.2, 0.25) is 0 Å². The molecular formula is C27H36PSi3. The van der Waals surface area contributed by atoms with Gasteiger partial charge in [-0.25, -0.2) is 0 Å². The lowest BCUT2D eigenvalue weighted by molar-refractivity contribution is 1.37. The molecule has 0 nitrogen and oxygen atoms in total. The molecule has 3 radical (unpaired) electrons. The lowest BCUT2D eigenvalue weighted by Gasteiger charge is -2.27. The molecule has 0 aromatic heterocycles. The molecule has 0 spiro atoms. The van der Waals surface area contributed by atoms with Gasteiger partial charge >= 0.3 is 0 Å². The molecular weight excluding hydrogens is 440 g/mol. The van der Waals surface area contributed by atoms with Gasteiger partial charge in [-0.3, -0.25) is 0 Å². The SMILES string of the molecule is C[Si](C)Cc1ccccc1P(c1ccccc1C[Si](C)C)c1ccccc1C[Si](C)C. The first-order chi connectivity index (χ1) is 14.9. The second-order valence-corrected chi connectivity index (χ2v) is 19.8. The molecule has 0 heterocycles. The van der Waals surface area contributed by atoms with Gasteiger partial charge in [0.15, 0.2) is 0 Å². The van der Waals surface area contributed by atoms with E-state index in [0.717, 1.165) is 0 Å². The lowest BCUT2D eigenvalue weighted by atomic mass is 10.2. The average molecular weight is 476 g/mol. The van der Waals surface area contributed by atoms with E-state index in [1.54, 1.807) is 32.6 Å². The molecule has 31 heavy (non-hydrogen) atoms. The first kappa shape index (κ1) is 24.4. The van der Waals surface area contributed by atoms with Crippen LogP contribution in [-0.4, -0.2) is 26.4 Å². The van der Waals surface area contributed by atoms with Crippen molar-refractivity contribution in [2.24, 2.45) is 0 Å². The average Bonchev–Trinajstić information content (AvgIpc) is 2.70. The molecule has 4 heteroatoms. The minimum atomic E-state index is -0.551. The number of hydrogen-bond acceptors (Lipinski definition) is 0. The van der Waals surface area contributed by atoms with E-state index in [4.69, 9.17) is 0 Å². The van der Waals surface area contributed by atoms with Crippen molar-refractivity contribution >= 4 is 50.2 Å². The smallest absolute Gasteiger partial charge is 0.0460 e. The van der Waals surface area contributed by atoms with Gasteiger partial charge in [0, 0.05) is 26.4 Å². The molecule has 3 rings (SSSR count). The Bertz CT molecular complexity index is 854. The summed E-state index contributed by atoms with van der Waals surface area (Å²) in [5.74, 6) is 0. The molecule has 0 saturated carbocycles. The first-order valence-electron chi connectivity index (χ1n) is 11.3. The molecule has 0 saturated heterocycles. The quantitative estimate of drug-likeness (QED) is 0.265. The summed E-state index contributed by atoms with van der Waals surface area (Å²) in [5, 5.41) is 4.77. The van der Waals surface area contributed by atoms with Gasteiger partial charge in [-0.2, -0.15) is 0 Å². The Morgan fingerprint density at radius 2 is 0.710 bits per heavy atom. The normalized spacial score (nSPS) is 11.8. The van der Waals surface area contributed by atoms with Gasteiger partial charge in [-0.15, -0.1) is 0 Å². The molecule has 0 bridgehead atoms. The van der Waals surface area contributed by atoms with Crippen LogP contribution in [0.4, 0.5) is 0 Å². The van der Waals surface area contributed by atoms with Crippen LogP contribution in [0.2, 0.25) is 39.3 Å². The Morgan fingerprint density at radius 1 is 0.452 bits per heavy atom. The van der Waals surface area contributed by atoms with Crippen LogP contribution in [0, 0.1) is 0 Å². The van der Waals surface area contributed by atoms with E-state index in [1.807, 2.05) is 0 Å². The zero-order valence-corrected chi connectivity index (χ0v) is 23.9. The standard InChI is InChI=1S/C27H36PSi3/c1-29(2)19-22-13-7-10-16-25(22)28(26-17-11-8-14-23(26)20-30(3)4)27-18-12-9-15-24(27)21-31(5)6/h7-18H,19-21H2,1-6H3. The predicted molar refractivity (Wildman–Crippen MR) is 149 cm³/mol. The van der Waals surface area contributed by atoms with E-state index in [-0.39, 0.29) is 26.4 Å². The maximum absolute atomic E-state index is 2.44. The predicted octanol–water partition coefficient (Wildman–Crippen LogP) is 5.95. The van der Waals surface area contributed by atoms with Crippen molar-refractivity contribution in [1.82, 2.24) is 0 Å². The summed E-state index contributed by atoms with van der Waals surface area (Å²) >= 11 is 0. The molecule has 0 aliphatic rings. The summed E-state index contributed by atoms with van der Waals surface area (Å²) in [5.41, 5.74) is 4.73. The Balaban J connectivity index is 2.26. The molecule has 0 atom stereocenters. The largest absolute Gasteiger partial charge is 0.0710 e. The third kappa shape index (κ3) is 6.61. The summed E-state index contributed by atoms with van der Waals surface area (Å²) in [6, 6.07) is 31.8. The fourth-order valence-corrected chi connectivity index (χ4v) is 10.6. The van der Waals surface area contributed by atoms with Crippen LogP contribution >= 0.6 is 7.92 Å². The molecule has 0 fully saturated rings. The molecule has 0 amide bonds. The van der Waals surface area contributed by atoms with E-state index >= 15 is 0 Å². The van der Waals surface area contributed by atoms with E-state index in [9.17, 15) is 0 Å². The minimum absolute atomic E-state index is 0.342. The van der Waals surface area contributed by atoms with Gasteiger partial charge in [-0.05, 0) is 58.7 Å². The Kier molecular flexibility index (Phi) is 9.09. The third-order valence-corrected chi connectivity index (χ3v) is 11.3. The van der Waals surface area contributed by atoms with Crippen LogP contribution in [0.3, 0.4) is 0 Å². The van der Waals surface area contributed by atoms with Crippen LogP contribution in [-0.2, 0) is 18.1 Å². The van der Waals surface area contributed by atoms with Gasteiger partial charge in [0.25, 0.3) is 0 Å². The van der Waals surface area contributed by atoms with Crippen molar-refractivity contribution in [2.75, 3.05) is 0 Å². The van der Waals surface area contributed by atoms with Crippen LogP contribution in [0.25, 0.3) is 0 Å². The number of hydrogen-bond donors (Lipinski definition) is 0. The Morgan fingerprint density at radius 3 is 0.968 bits per heavy atom. The van der Waals surface area contributed by atoms with Gasteiger partial charge in [0.05, 0.1) is 0 Å². The highest BCUT2D eigenvalue weighted by atomic mass is 31.1. The lowest BCUT2D eigenvalue weighted by Crippen LogP contribution is -2.30. The van der Waals surface area contributed by atoms with Crippen molar-refractivity contribution in [3.8, 4) is 0 Å². The number of benzene rings is 3. The maximum Gasteiger partial charge on any atom is 0.0460 e. The summed E-state index contributed by atoms with van der Waals surface area (Å²) in [6.07, 6.45) is 0. The van der Waals surface area contributed by atoms with Crippen LogP contribution in [0.15, 0.2) is 72.8 Å². The molecule has 0 aliphatic heterocycles. The molecule has 0 unspecified atom stereocenters. The fraction of sp³-hybridized carbons (Fsp3) is 0.333. The summed E-state index contributed by atoms with van der Waals surface area (Å²) < 4.78 is 0. The zero-order valence-electron chi connectivity index (χ0n) is 20.0. The van der Waals surface area contributed by atoms with Gasteiger partial charge in [0.1, 0.15) is 0 Å². The topological polar surface area (TPSA) is 0 Å². The van der Waals surface area contributed by atoms with Crippen molar-refractivity contribution in [1.29, 1.82) is 0 Å². The van der Waals surface area contributed by atoms with Gasteiger partial charge < -0.3 is 0 Å². The monoisotopic (exact) mass is 475 g/mol. The summed E-state index contributed by atoms with van der Waals surface area (Å²) in [6.45, 7) is 14.7. The first-order valence-corrected chi connectivity index (χ1v) is 20.7. The highest BCUT2D eigenvalue weighted by Crippen LogP contribution is 2.37. The Hall–Kier alpha value is -1.26. The van der Waals surface area contributed by atoms with E-state index in [2.05, 4.69) is 112 Å². The van der Waals surface area contributed by atoms with E-state index in [1.165, 1.54) is 18.1 Å². The second kappa shape index (κ2) is 11.6.